The quantitative estimate of drug-likeness (QED) is 0.655. The second-order valence-corrected chi connectivity index (χ2v) is 9.09. The molecule has 4 nitrogen and oxygen atoms in total. The summed E-state index contributed by atoms with van der Waals surface area (Å²) in [5.74, 6) is 0.543. The van der Waals surface area contributed by atoms with Crippen LogP contribution < -0.4 is 5.32 Å². The molecular formula is C24H28FNO3S. The van der Waals surface area contributed by atoms with Gasteiger partial charge in [-0.3, -0.25) is 4.79 Å². The van der Waals surface area contributed by atoms with E-state index >= 15 is 0 Å². The number of benzene rings is 2. The van der Waals surface area contributed by atoms with Gasteiger partial charge in [-0.25, -0.2) is 4.39 Å². The number of amides is 1. The lowest BCUT2D eigenvalue weighted by Gasteiger charge is -2.38. The fourth-order valence-electron chi connectivity index (χ4n) is 4.22. The van der Waals surface area contributed by atoms with Gasteiger partial charge < -0.3 is 14.8 Å². The van der Waals surface area contributed by atoms with E-state index in [4.69, 9.17) is 9.47 Å². The van der Waals surface area contributed by atoms with Crippen LogP contribution in [0.1, 0.15) is 41.6 Å². The normalized spacial score (nSPS) is 20.8. The average molecular weight is 430 g/mol. The molecule has 0 aliphatic carbocycles. The van der Waals surface area contributed by atoms with Crippen molar-refractivity contribution in [3.63, 3.8) is 0 Å². The summed E-state index contributed by atoms with van der Waals surface area (Å²) in [4.78, 5) is 14.1. The highest BCUT2D eigenvalue weighted by Crippen LogP contribution is 2.35. The Morgan fingerprint density at radius 3 is 2.60 bits per heavy atom. The predicted molar refractivity (Wildman–Crippen MR) is 117 cm³/mol. The number of hydrogen-bond acceptors (Lipinski definition) is 4. The molecule has 0 aromatic heterocycles. The van der Waals surface area contributed by atoms with Crippen molar-refractivity contribution in [2.24, 2.45) is 0 Å². The van der Waals surface area contributed by atoms with Gasteiger partial charge in [0.2, 0.25) is 0 Å². The van der Waals surface area contributed by atoms with E-state index in [1.54, 1.807) is 11.8 Å². The van der Waals surface area contributed by atoms with Crippen molar-refractivity contribution in [2.45, 2.75) is 42.1 Å². The number of ether oxygens (including phenoxy) is 2. The number of nitrogens with one attached hydrogen (secondary N) is 1. The van der Waals surface area contributed by atoms with Crippen molar-refractivity contribution in [2.75, 3.05) is 32.1 Å². The van der Waals surface area contributed by atoms with Crippen molar-refractivity contribution < 1.29 is 18.7 Å². The van der Waals surface area contributed by atoms with Gasteiger partial charge in [0.1, 0.15) is 5.82 Å². The smallest absolute Gasteiger partial charge is 0.252 e. The second-order valence-electron chi connectivity index (χ2n) is 8.02. The van der Waals surface area contributed by atoms with E-state index < -0.39 is 0 Å². The molecular weight excluding hydrogens is 401 g/mol. The third-order valence-corrected chi connectivity index (χ3v) is 7.28. The fraction of sp³-hybridized carbons (Fsp3) is 0.458. The summed E-state index contributed by atoms with van der Waals surface area (Å²) >= 11 is 1.68. The average Bonchev–Trinajstić information content (AvgIpc) is 3.31. The Morgan fingerprint density at radius 2 is 1.87 bits per heavy atom. The van der Waals surface area contributed by atoms with Crippen LogP contribution in [0.3, 0.4) is 0 Å². The first-order valence-electron chi connectivity index (χ1n) is 10.6. The molecule has 2 aromatic carbocycles. The van der Waals surface area contributed by atoms with Crippen molar-refractivity contribution in [3.05, 3.63) is 65.5 Å². The second kappa shape index (κ2) is 9.94. The van der Waals surface area contributed by atoms with Crippen molar-refractivity contribution in [1.29, 1.82) is 0 Å². The van der Waals surface area contributed by atoms with Crippen molar-refractivity contribution in [1.82, 2.24) is 5.32 Å². The molecule has 6 heteroatoms. The summed E-state index contributed by atoms with van der Waals surface area (Å²) in [5.41, 5.74) is 1.51. The molecule has 2 saturated heterocycles. The molecule has 2 heterocycles. The standard InChI is InChI=1S/C24H28FNO3S/c25-19-9-7-18(8-10-19)24(11-14-28-15-12-24)17-26-23(27)21-5-1-2-6-22(21)30-16-20-4-3-13-29-20/h1-2,5-10,20H,3-4,11-17H2,(H,26,27). The molecule has 0 saturated carbocycles. The van der Waals surface area contributed by atoms with Crippen LogP contribution in [0.2, 0.25) is 0 Å². The molecule has 30 heavy (non-hydrogen) atoms. The van der Waals surface area contributed by atoms with Crippen LogP contribution >= 0.6 is 11.8 Å². The molecule has 1 atom stereocenters. The molecule has 2 aliphatic rings. The summed E-state index contributed by atoms with van der Waals surface area (Å²) in [6.45, 7) is 2.62. The minimum Gasteiger partial charge on any atom is -0.381 e. The largest absolute Gasteiger partial charge is 0.381 e. The molecule has 2 fully saturated rings. The van der Waals surface area contributed by atoms with Crippen molar-refractivity contribution in [3.8, 4) is 0 Å². The van der Waals surface area contributed by atoms with Crippen LogP contribution in [0.15, 0.2) is 53.4 Å². The van der Waals surface area contributed by atoms with Crippen molar-refractivity contribution >= 4 is 17.7 Å². The monoisotopic (exact) mass is 429 g/mol. The van der Waals surface area contributed by atoms with Gasteiger partial charge in [-0.15, -0.1) is 11.8 Å². The Hall–Kier alpha value is -1.89. The van der Waals surface area contributed by atoms with E-state index in [1.807, 2.05) is 36.4 Å². The lowest BCUT2D eigenvalue weighted by Crippen LogP contribution is -2.44. The van der Waals surface area contributed by atoms with E-state index in [1.165, 1.54) is 12.1 Å². The van der Waals surface area contributed by atoms with Gasteiger partial charge in [0.05, 0.1) is 11.7 Å². The lowest BCUT2D eigenvalue weighted by atomic mass is 9.74. The Labute approximate surface area is 181 Å². The highest BCUT2D eigenvalue weighted by Gasteiger charge is 2.35. The van der Waals surface area contributed by atoms with E-state index in [9.17, 15) is 9.18 Å². The Bertz CT molecular complexity index is 846. The van der Waals surface area contributed by atoms with Gasteiger partial charge in [0, 0.05) is 42.4 Å². The zero-order valence-electron chi connectivity index (χ0n) is 17.1. The Balaban J connectivity index is 1.45. The molecule has 160 valence electrons. The third kappa shape index (κ3) is 5.05. The van der Waals surface area contributed by atoms with Gasteiger partial charge in [-0.2, -0.15) is 0 Å². The minimum absolute atomic E-state index is 0.0709. The zero-order valence-corrected chi connectivity index (χ0v) is 17.9. The number of rotatable bonds is 7. The van der Waals surface area contributed by atoms with Gasteiger partial charge in [0.15, 0.2) is 0 Å². The van der Waals surface area contributed by atoms with Crippen LogP contribution in [0.25, 0.3) is 0 Å². The molecule has 1 unspecified atom stereocenters. The molecule has 1 N–H and O–H groups in total. The molecule has 4 rings (SSSR count). The molecule has 1 amide bonds. The van der Waals surface area contributed by atoms with Gasteiger partial charge in [0.25, 0.3) is 5.91 Å². The maximum absolute atomic E-state index is 13.4. The van der Waals surface area contributed by atoms with Gasteiger partial charge in [-0.1, -0.05) is 24.3 Å². The van der Waals surface area contributed by atoms with E-state index in [-0.39, 0.29) is 23.2 Å². The maximum atomic E-state index is 13.4. The van der Waals surface area contributed by atoms with E-state index in [0.717, 1.165) is 48.5 Å². The topological polar surface area (TPSA) is 47.6 Å². The van der Waals surface area contributed by atoms with Crippen LogP contribution in [0.4, 0.5) is 4.39 Å². The lowest BCUT2D eigenvalue weighted by molar-refractivity contribution is 0.0486. The fourth-order valence-corrected chi connectivity index (χ4v) is 5.34. The van der Waals surface area contributed by atoms with Crippen LogP contribution in [-0.2, 0) is 14.9 Å². The van der Waals surface area contributed by atoms with E-state index in [2.05, 4.69) is 5.32 Å². The first-order chi connectivity index (χ1) is 14.7. The third-order valence-electron chi connectivity index (χ3n) is 6.07. The first-order valence-corrected chi connectivity index (χ1v) is 11.6. The van der Waals surface area contributed by atoms with E-state index in [0.29, 0.717) is 25.3 Å². The Morgan fingerprint density at radius 1 is 1.10 bits per heavy atom. The maximum Gasteiger partial charge on any atom is 0.252 e. The first kappa shape index (κ1) is 21.3. The molecule has 2 aromatic rings. The SMILES string of the molecule is O=C(NCC1(c2ccc(F)cc2)CCOCC1)c1ccccc1SCC1CCCO1. The molecule has 0 spiro atoms. The summed E-state index contributed by atoms with van der Waals surface area (Å²) in [5, 5.41) is 3.16. The Kier molecular flexibility index (Phi) is 7.08. The molecule has 0 radical (unpaired) electrons. The molecule has 0 bridgehead atoms. The molecule has 2 aliphatic heterocycles. The highest BCUT2D eigenvalue weighted by molar-refractivity contribution is 7.99. The summed E-state index contributed by atoms with van der Waals surface area (Å²) < 4.78 is 24.7. The number of carbonyl (C=O) groups excluding carboxylic acids is 1. The van der Waals surface area contributed by atoms with Gasteiger partial charge in [-0.05, 0) is 55.5 Å². The highest BCUT2D eigenvalue weighted by atomic mass is 32.2. The zero-order chi connectivity index (χ0) is 20.8. The predicted octanol–water partition coefficient (Wildman–Crippen LogP) is 4.58. The minimum atomic E-state index is -0.248. The number of carbonyl (C=O) groups is 1. The number of hydrogen-bond donors (Lipinski definition) is 1. The summed E-state index contributed by atoms with van der Waals surface area (Å²) in [6, 6.07) is 14.4. The number of halogens is 1. The summed E-state index contributed by atoms with van der Waals surface area (Å²) in [6.07, 6.45) is 4.07. The van der Waals surface area contributed by atoms with Crippen LogP contribution in [0.5, 0.6) is 0 Å². The number of thioether (sulfide) groups is 1. The van der Waals surface area contributed by atoms with Gasteiger partial charge >= 0.3 is 0 Å². The van der Waals surface area contributed by atoms with Crippen LogP contribution in [0, 0.1) is 5.82 Å². The summed E-state index contributed by atoms with van der Waals surface area (Å²) in [7, 11) is 0. The van der Waals surface area contributed by atoms with Crippen LogP contribution in [-0.4, -0.2) is 44.1 Å².